The Hall–Kier alpha value is -1.50. The second kappa shape index (κ2) is 3.74. The van der Waals surface area contributed by atoms with Crippen molar-refractivity contribution >= 4 is 16.5 Å². The normalized spacial score (nSPS) is 14.7. The van der Waals surface area contributed by atoms with Crippen molar-refractivity contribution in [3.05, 3.63) is 40.1 Å². The maximum atomic E-state index is 2.44. The predicted molar refractivity (Wildman–Crippen MR) is 79.1 cm³/mol. The number of rotatable bonds is 1. The van der Waals surface area contributed by atoms with Crippen LogP contribution >= 0.6 is 0 Å². The highest BCUT2D eigenvalue weighted by Gasteiger charge is 2.19. The Morgan fingerprint density at radius 2 is 1.83 bits per heavy atom. The van der Waals surface area contributed by atoms with E-state index in [9.17, 15) is 0 Å². The number of aromatic nitrogens is 1. The number of hydrogen-bond acceptors (Lipinski definition) is 0. The molecule has 94 valence electrons. The number of hydrogen-bond donors (Lipinski definition) is 0. The fourth-order valence-corrected chi connectivity index (χ4v) is 3.28. The van der Waals surface area contributed by atoms with E-state index in [1.165, 1.54) is 44.4 Å². The van der Waals surface area contributed by atoms with Crippen molar-refractivity contribution in [3.8, 4) is 0 Å². The summed E-state index contributed by atoms with van der Waals surface area (Å²) in [5.41, 5.74) is 10.2. The van der Waals surface area contributed by atoms with Crippen molar-refractivity contribution in [1.29, 1.82) is 0 Å². The van der Waals surface area contributed by atoms with E-state index >= 15 is 0 Å². The van der Waals surface area contributed by atoms with Gasteiger partial charge in [-0.05, 0) is 75.4 Å². The van der Waals surface area contributed by atoms with E-state index in [4.69, 9.17) is 0 Å². The predicted octanol–water partition coefficient (Wildman–Crippen LogP) is 4.63. The topological polar surface area (TPSA) is 4.93 Å². The lowest BCUT2D eigenvalue weighted by molar-refractivity contribution is 0.766. The van der Waals surface area contributed by atoms with Crippen LogP contribution in [-0.4, -0.2) is 4.57 Å². The van der Waals surface area contributed by atoms with Gasteiger partial charge in [0, 0.05) is 23.1 Å². The van der Waals surface area contributed by atoms with Gasteiger partial charge in [-0.1, -0.05) is 5.57 Å². The van der Waals surface area contributed by atoms with E-state index in [0.717, 1.165) is 13.0 Å². The second-order valence-electron chi connectivity index (χ2n) is 5.56. The van der Waals surface area contributed by atoms with Crippen molar-refractivity contribution in [2.24, 2.45) is 0 Å². The van der Waals surface area contributed by atoms with Gasteiger partial charge < -0.3 is 4.57 Å². The Morgan fingerprint density at radius 3 is 2.50 bits per heavy atom. The average molecular weight is 239 g/mol. The molecular weight excluding hydrogens is 218 g/mol. The van der Waals surface area contributed by atoms with E-state index in [2.05, 4.69) is 51.3 Å². The molecule has 0 fully saturated rings. The Morgan fingerprint density at radius 1 is 1.11 bits per heavy atom. The van der Waals surface area contributed by atoms with Crippen LogP contribution < -0.4 is 0 Å². The number of fused-ring (bicyclic) bond motifs is 2. The minimum atomic E-state index is 1.06. The molecule has 18 heavy (non-hydrogen) atoms. The van der Waals surface area contributed by atoms with Gasteiger partial charge >= 0.3 is 0 Å². The highest BCUT2D eigenvalue weighted by atomic mass is 15.0. The standard InChI is InChI=1S/C17H21N/c1-6-18-13(5)12(4)16-9-15-11(3)10(2)7-14(15)8-17(16)18/h8-9H,6-7H2,1-5H3. The van der Waals surface area contributed by atoms with Crippen LogP contribution in [0.15, 0.2) is 17.7 Å². The zero-order chi connectivity index (χ0) is 13.0. The van der Waals surface area contributed by atoms with E-state index in [1.807, 2.05) is 0 Å². The SMILES string of the molecule is CCn1c(C)c(C)c2cc3c(cc21)CC(C)=C3C. The summed E-state index contributed by atoms with van der Waals surface area (Å²) in [6.07, 6.45) is 1.13. The van der Waals surface area contributed by atoms with Crippen LogP contribution in [0.5, 0.6) is 0 Å². The summed E-state index contributed by atoms with van der Waals surface area (Å²) in [6.45, 7) is 12.3. The lowest BCUT2D eigenvalue weighted by Crippen LogP contribution is -1.97. The largest absolute Gasteiger partial charge is 0.345 e. The van der Waals surface area contributed by atoms with E-state index in [0.29, 0.717) is 0 Å². The van der Waals surface area contributed by atoms with Crippen LogP contribution in [0.4, 0.5) is 0 Å². The molecule has 1 heterocycles. The Balaban J connectivity index is 2.37. The van der Waals surface area contributed by atoms with Crippen LogP contribution in [0.2, 0.25) is 0 Å². The zero-order valence-electron chi connectivity index (χ0n) is 12.0. The van der Waals surface area contributed by atoms with Crippen molar-refractivity contribution in [3.63, 3.8) is 0 Å². The number of benzene rings is 1. The minimum absolute atomic E-state index is 1.06. The van der Waals surface area contributed by atoms with Crippen LogP contribution in [0.25, 0.3) is 16.5 Å². The highest BCUT2D eigenvalue weighted by molar-refractivity contribution is 5.91. The lowest BCUT2D eigenvalue weighted by atomic mass is 10.0. The zero-order valence-corrected chi connectivity index (χ0v) is 12.0. The first-order valence-corrected chi connectivity index (χ1v) is 6.83. The Labute approximate surface area is 109 Å². The van der Waals surface area contributed by atoms with Crippen LogP contribution in [0.3, 0.4) is 0 Å². The van der Waals surface area contributed by atoms with Crippen molar-refractivity contribution in [2.75, 3.05) is 0 Å². The van der Waals surface area contributed by atoms with Gasteiger partial charge in [-0.15, -0.1) is 0 Å². The van der Waals surface area contributed by atoms with Crippen LogP contribution in [0, 0.1) is 13.8 Å². The molecule has 0 aliphatic heterocycles. The third kappa shape index (κ3) is 1.33. The molecule has 0 atom stereocenters. The molecule has 0 amide bonds. The summed E-state index contributed by atoms with van der Waals surface area (Å²) in [7, 11) is 0. The molecule has 1 aromatic carbocycles. The van der Waals surface area contributed by atoms with Gasteiger partial charge in [0.25, 0.3) is 0 Å². The molecule has 0 saturated heterocycles. The molecule has 0 N–H and O–H groups in total. The molecule has 1 nitrogen and oxygen atoms in total. The monoisotopic (exact) mass is 239 g/mol. The fraction of sp³-hybridized carbons (Fsp3) is 0.412. The minimum Gasteiger partial charge on any atom is -0.345 e. The summed E-state index contributed by atoms with van der Waals surface area (Å²) in [4.78, 5) is 0. The molecule has 1 aliphatic carbocycles. The fourth-order valence-electron chi connectivity index (χ4n) is 3.28. The molecule has 0 radical (unpaired) electrons. The molecule has 0 unspecified atom stereocenters. The molecule has 0 saturated carbocycles. The maximum Gasteiger partial charge on any atom is 0.0488 e. The summed E-state index contributed by atoms with van der Waals surface area (Å²) in [5, 5.41) is 1.43. The first-order chi connectivity index (χ1) is 8.54. The van der Waals surface area contributed by atoms with Gasteiger partial charge in [0.05, 0.1) is 0 Å². The molecule has 0 bridgehead atoms. The molecule has 1 aromatic heterocycles. The molecule has 3 rings (SSSR count). The Bertz CT molecular complexity index is 683. The Kier molecular flexibility index (Phi) is 2.41. The highest BCUT2D eigenvalue weighted by Crippen LogP contribution is 2.37. The summed E-state index contributed by atoms with van der Waals surface area (Å²) < 4.78 is 2.44. The molecule has 1 aliphatic rings. The van der Waals surface area contributed by atoms with Crippen molar-refractivity contribution in [2.45, 2.75) is 47.6 Å². The van der Waals surface area contributed by atoms with Gasteiger partial charge in [-0.2, -0.15) is 0 Å². The van der Waals surface area contributed by atoms with Gasteiger partial charge in [0.2, 0.25) is 0 Å². The first-order valence-electron chi connectivity index (χ1n) is 6.83. The number of aryl methyl sites for hydroxylation is 2. The summed E-state index contributed by atoms with van der Waals surface area (Å²) in [6, 6.07) is 4.82. The van der Waals surface area contributed by atoms with E-state index < -0.39 is 0 Å². The first kappa shape index (κ1) is 11.6. The summed E-state index contributed by atoms with van der Waals surface area (Å²) in [5.74, 6) is 0. The quantitative estimate of drug-likeness (QED) is 0.684. The maximum absolute atomic E-state index is 2.44. The van der Waals surface area contributed by atoms with Gasteiger partial charge in [0.15, 0.2) is 0 Å². The van der Waals surface area contributed by atoms with Crippen molar-refractivity contribution in [1.82, 2.24) is 4.57 Å². The lowest BCUT2D eigenvalue weighted by Gasteiger charge is -2.06. The van der Waals surface area contributed by atoms with Gasteiger partial charge in [-0.3, -0.25) is 0 Å². The van der Waals surface area contributed by atoms with Crippen LogP contribution in [0.1, 0.15) is 43.2 Å². The van der Waals surface area contributed by atoms with Crippen molar-refractivity contribution < 1.29 is 0 Å². The summed E-state index contributed by atoms with van der Waals surface area (Å²) >= 11 is 0. The second-order valence-corrected chi connectivity index (χ2v) is 5.56. The average Bonchev–Trinajstić information content (AvgIpc) is 2.75. The third-order valence-corrected chi connectivity index (χ3v) is 4.68. The van der Waals surface area contributed by atoms with Gasteiger partial charge in [-0.25, -0.2) is 0 Å². The smallest absolute Gasteiger partial charge is 0.0488 e. The van der Waals surface area contributed by atoms with E-state index in [-0.39, 0.29) is 0 Å². The van der Waals surface area contributed by atoms with Crippen LogP contribution in [-0.2, 0) is 13.0 Å². The molecule has 1 heteroatoms. The third-order valence-electron chi connectivity index (χ3n) is 4.68. The number of allylic oxidation sites excluding steroid dienone is 2. The number of nitrogens with zero attached hydrogens (tertiary/aromatic N) is 1. The molecule has 2 aromatic rings. The molecule has 0 spiro atoms. The molecular formula is C17H21N. The van der Waals surface area contributed by atoms with E-state index in [1.54, 1.807) is 0 Å². The van der Waals surface area contributed by atoms with Gasteiger partial charge in [0.1, 0.15) is 0 Å².